The van der Waals surface area contributed by atoms with Gasteiger partial charge in [-0.25, -0.2) is 4.68 Å². The van der Waals surface area contributed by atoms with Crippen LogP contribution in [-0.2, 0) is 13.1 Å². The Balaban J connectivity index is 1.60. The maximum absolute atomic E-state index is 11.0. The lowest BCUT2D eigenvalue weighted by Gasteiger charge is -2.10. The second kappa shape index (κ2) is 8.65. The van der Waals surface area contributed by atoms with E-state index in [9.17, 15) is 5.11 Å². The van der Waals surface area contributed by atoms with E-state index in [0.717, 1.165) is 29.9 Å². The number of nitrogens with zero attached hydrogens (tertiary/aromatic N) is 2. The van der Waals surface area contributed by atoms with Crippen molar-refractivity contribution >= 4 is 0 Å². The standard InChI is InChI=1S/C24H23N3O/c28-24(20-12-6-2-7-13-20)23-21(17-25-16-19-10-4-1-5-11-19)18-27(26-23)22-14-8-3-9-15-22/h1-15,18,24-25,28H,16-17H2/p+1/t24-/m1/s1. The zero-order valence-electron chi connectivity index (χ0n) is 15.6. The molecule has 1 atom stereocenters. The summed E-state index contributed by atoms with van der Waals surface area (Å²) in [5.41, 5.74) is 4.86. The molecule has 4 nitrogen and oxygen atoms in total. The molecule has 140 valence electrons. The Morgan fingerprint density at radius 1 is 0.786 bits per heavy atom. The van der Waals surface area contributed by atoms with Crippen LogP contribution in [0.15, 0.2) is 97.2 Å². The lowest BCUT2D eigenvalue weighted by atomic mass is 10.0. The average Bonchev–Trinajstić information content (AvgIpc) is 3.19. The van der Waals surface area contributed by atoms with Crippen LogP contribution in [-0.4, -0.2) is 14.9 Å². The molecule has 4 rings (SSSR count). The maximum atomic E-state index is 11.0. The summed E-state index contributed by atoms with van der Waals surface area (Å²) in [6.45, 7) is 1.64. The van der Waals surface area contributed by atoms with Gasteiger partial charge in [0.15, 0.2) is 0 Å². The van der Waals surface area contributed by atoms with Crippen LogP contribution in [0.25, 0.3) is 5.69 Å². The van der Waals surface area contributed by atoms with Gasteiger partial charge < -0.3 is 10.4 Å². The number of quaternary nitrogens is 1. The van der Waals surface area contributed by atoms with Gasteiger partial charge in [-0.2, -0.15) is 5.10 Å². The van der Waals surface area contributed by atoms with Gasteiger partial charge in [-0.05, 0) is 17.7 Å². The number of para-hydroxylation sites is 1. The zero-order chi connectivity index (χ0) is 19.2. The van der Waals surface area contributed by atoms with E-state index in [2.05, 4.69) is 29.6 Å². The van der Waals surface area contributed by atoms with Crippen molar-refractivity contribution in [2.45, 2.75) is 19.2 Å². The molecule has 0 aliphatic carbocycles. The molecule has 4 heteroatoms. The molecule has 3 N–H and O–H groups in total. The van der Waals surface area contributed by atoms with Crippen LogP contribution in [0.3, 0.4) is 0 Å². The first kappa shape index (κ1) is 18.2. The van der Waals surface area contributed by atoms with Crippen LogP contribution >= 0.6 is 0 Å². The van der Waals surface area contributed by atoms with Crippen molar-refractivity contribution in [3.63, 3.8) is 0 Å². The molecule has 0 saturated carbocycles. The van der Waals surface area contributed by atoms with Crippen LogP contribution in [0.2, 0.25) is 0 Å². The molecule has 4 aromatic rings. The zero-order valence-corrected chi connectivity index (χ0v) is 15.6. The van der Waals surface area contributed by atoms with E-state index in [1.54, 1.807) is 0 Å². The van der Waals surface area contributed by atoms with Crippen molar-refractivity contribution in [3.8, 4) is 5.69 Å². The first-order chi connectivity index (χ1) is 13.8. The monoisotopic (exact) mass is 370 g/mol. The SMILES string of the molecule is O[C@H](c1ccccc1)c1nn(-c2ccccc2)cc1C[NH2+]Cc1ccccc1. The molecule has 3 aromatic carbocycles. The van der Waals surface area contributed by atoms with Gasteiger partial charge in [0.05, 0.1) is 11.3 Å². The van der Waals surface area contributed by atoms with E-state index in [1.807, 2.05) is 77.6 Å². The number of aromatic nitrogens is 2. The Labute approximate surface area is 165 Å². The first-order valence-electron chi connectivity index (χ1n) is 9.54. The number of aliphatic hydroxyl groups is 1. The number of aliphatic hydroxyl groups excluding tert-OH is 1. The summed E-state index contributed by atoms with van der Waals surface area (Å²) in [4.78, 5) is 0. The van der Waals surface area contributed by atoms with E-state index in [4.69, 9.17) is 5.10 Å². The number of benzene rings is 3. The fraction of sp³-hybridized carbons (Fsp3) is 0.125. The maximum Gasteiger partial charge on any atom is 0.123 e. The lowest BCUT2D eigenvalue weighted by molar-refractivity contribution is -0.686. The molecule has 0 saturated heterocycles. The number of hydrogen-bond donors (Lipinski definition) is 2. The summed E-state index contributed by atoms with van der Waals surface area (Å²) < 4.78 is 1.85. The van der Waals surface area contributed by atoms with E-state index in [0.29, 0.717) is 5.69 Å². The normalized spacial score (nSPS) is 12.0. The van der Waals surface area contributed by atoms with E-state index >= 15 is 0 Å². The third kappa shape index (κ3) is 4.19. The fourth-order valence-corrected chi connectivity index (χ4v) is 3.33. The summed E-state index contributed by atoms with van der Waals surface area (Å²) in [5.74, 6) is 0. The van der Waals surface area contributed by atoms with Gasteiger partial charge in [-0.15, -0.1) is 0 Å². The second-order valence-electron chi connectivity index (χ2n) is 6.82. The molecular formula is C24H24N3O+. The van der Waals surface area contributed by atoms with Crippen molar-refractivity contribution in [2.75, 3.05) is 0 Å². The highest BCUT2D eigenvalue weighted by Gasteiger charge is 2.20. The van der Waals surface area contributed by atoms with Crippen molar-refractivity contribution < 1.29 is 10.4 Å². The summed E-state index contributed by atoms with van der Waals surface area (Å²) in [6, 6.07) is 30.1. The Kier molecular flexibility index (Phi) is 5.61. The Morgan fingerprint density at radius 2 is 1.39 bits per heavy atom. The highest BCUT2D eigenvalue weighted by Crippen LogP contribution is 2.24. The van der Waals surface area contributed by atoms with E-state index in [-0.39, 0.29) is 0 Å². The number of hydrogen-bond acceptors (Lipinski definition) is 2. The lowest BCUT2D eigenvalue weighted by Crippen LogP contribution is -2.80. The minimum Gasteiger partial charge on any atom is -0.382 e. The summed E-state index contributed by atoms with van der Waals surface area (Å²) in [7, 11) is 0. The average molecular weight is 370 g/mol. The predicted molar refractivity (Wildman–Crippen MR) is 110 cm³/mol. The molecule has 1 heterocycles. The van der Waals surface area contributed by atoms with Gasteiger partial charge in [0.2, 0.25) is 0 Å². The molecule has 0 fully saturated rings. The minimum atomic E-state index is -0.744. The van der Waals surface area contributed by atoms with Crippen LogP contribution in [0.1, 0.15) is 28.5 Å². The number of rotatable bonds is 7. The van der Waals surface area contributed by atoms with E-state index in [1.165, 1.54) is 5.56 Å². The van der Waals surface area contributed by atoms with Gasteiger partial charge in [-0.1, -0.05) is 78.9 Å². The fourth-order valence-electron chi connectivity index (χ4n) is 3.33. The molecule has 0 unspecified atom stereocenters. The van der Waals surface area contributed by atoms with Crippen LogP contribution in [0, 0.1) is 0 Å². The minimum absolute atomic E-state index is 0.708. The molecule has 0 aliphatic rings. The number of nitrogens with two attached hydrogens (primary N) is 1. The van der Waals surface area contributed by atoms with Crippen molar-refractivity contribution in [1.82, 2.24) is 9.78 Å². The van der Waals surface area contributed by atoms with Gasteiger partial charge >= 0.3 is 0 Å². The highest BCUT2D eigenvalue weighted by molar-refractivity contribution is 5.35. The molecule has 28 heavy (non-hydrogen) atoms. The van der Waals surface area contributed by atoms with Gasteiger partial charge in [0.25, 0.3) is 0 Å². The molecule has 0 amide bonds. The van der Waals surface area contributed by atoms with Crippen LogP contribution in [0.4, 0.5) is 0 Å². The van der Waals surface area contributed by atoms with Gasteiger partial charge in [0, 0.05) is 11.8 Å². The quantitative estimate of drug-likeness (QED) is 0.525. The second-order valence-corrected chi connectivity index (χ2v) is 6.82. The Hall–Kier alpha value is -3.21. The smallest absolute Gasteiger partial charge is 0.123 e. The van der Waals surface area contributed by atoms with Crippen LogP contribution in [0.5, 0.6) is 0 Å². The topological polar surface area (TPSA) is 54.7 Å². The molecule has 0 radical (unpaired) electrons. The van der Waals surface area contributed by atoms with Crippen molar-refractivity contribution in [1.29, 1.82) is 0 Å². The van der Waals surface area contributed by atoms with Gasteiger partial charge in [0.1, 0.15) is 24.9 Å². The molecule has 0 bridgehead atoms. The van der Waals surface area contributed by atoms with Crippen LogP contribution < -0.4 is 5.32 Å². The molecule has 1 aromatic heterocycles. The third-order valence-electron chi connectivity index (χ3n) is 4.80. The van der Waals surface area contributed by atoms with Crippen molar-refractivity contribution in [3.05, 3.63) is 120 Å². The molecular weight excluding hydrogens is 346 g/mol. The predicted octanol–water partition coefficient (Wildman–Crippen LogP) is 3.22. The Morgan fingerprint density at radius 3 is 2.07 bits per heavy atom. The van der Waals surface area contributed by atoms with Gasteiger partial charge in [-0.3, -0.25) is 0 Å². The largest absolute Gasteiger partial charge is 0.382 e. The third-order valence-corrected chi connectivity index (χ3v) is 4.80. The summed E-state index contributed by atoms with van der Waals surface area (Å²) >= 11 is 0. The highest BCUT2D eigenvalue weighted by atomic mass is 16.3. The first-order valence-corrected chi connectivity index (χ1v) is 9.54. The Bertz CT molecular complexity index is 998. The summed E-state index contributed by atoms with van der Waals surface area (Å²) in [6.07, 6.45) is 1.28. The van der Waals surface area contributed by atoms with E-state index < -0.39 is 6.10 Å². The van der Waals surface area contributed by atoms with Crippen molar-refractivity contribution in [2.24, 2.45) is 0 Å². The summed E-state index contributed by atoms with van der Waals surface area (Å²) in [5, 5.41) is 17.9. The molecule has 0 aliphatic heterocycles. The molecule has 0 spiro atoms.